The third-order valence-electron chi connectivity index (χ3n) is 4.61. The topological polar surface area (TPSA) is 51.0 Å². The Morgan fingerprint density at radius 2 is 1.95 bits per heavy atom. The van der Waals surface area contributed by atoms with Crippen molar-refractivity contribution in [1.82, 2.24) is 15.5 Å². The van der Waals surface area contributed by atoms with Crippen LogP contribution < -0.4 is 5.32 Å². The number of aromatic nitrogens is 2. The molecule has 112 valence electrons. The highest BCUT2D eigenvalue weighted by Crippen LogP contribution is 2.52. The van der Waals surface area contributed by atoms with E-state index in [1.807, 2.05) is 6.07 Å². The Hall–Kier alpha value is -1.68. The first-order valence-corrected chi connectivity index (χ1v) is 7.80. The summed E-state index contributed by atoms with van der Waals surface area (Å²) in [7, 11) is 0. The Labute approximate surface area is 126 Å². The molecule has 1 heterocycles. The second-order valence-corrected chi connectivity index (χ2v) is 6.04. The molecule has 0 bridgehead atoms. The molecule has 4 heteroatoms. The Bertz CT molecular complexity index is 589. The highest BCUT2D eigenvalue weighted by atomic mass is 16.5. The predicted molar refractivity (Wildman–Crippen MR) is 82.3 cm³/mol. The second kappa shape index (κ2) is 5.60. The number of hydrogen-bond acceptors (Lipinski definition) is 4. The normalized spacial score (nSPS) is 19.2. The molecule has 0 radical (unpaired) electrons. The van der Waals surface area contributed by atoms with Crippen molar-refractivity contribution in [2.75, 3.05) is 6.54 Å². The van der Waals surface area contributed by atoms with Gasteiger partial charge in [-0.05, 0) is 31.9 Å². The Morgan fingerprint density at radius 3 is 2.57 bits per heavy atom. The molecule has 0 spiro atoms. The van der Waals surface area contributed by atoms with E-state index in [1.165, 1.54) is 5.56 Å². The molecule has 2 aromatic rings. The van der Waals surface area contributed by atoms with Gasteiger partial charge in [-0.15, -0.1) is 0 Å². The summed E-state index contributed by atoms with van der Waals surface area (Å²) in [5, 5.41) is 7.69. The second-order valence-electron chi connectivity index (χ2n) is 6.04. The van der Waals surface area contributed by atoms with Gasteiger partial charge in [0.05, 0.1) is 11.3 Å². The minimum atomic E-state index is -0.00977. The van der Waals surface area contributed by atoms with Crippen LogP contribution in [0.5, 0.6) is 0 Å². The number of nitrogens with zero attached hydrogens (tertiary/aromatic N) is 2. The highest BCUT2D eigenvalue weighted by Gasteiger charge is 2.50. The van der Waals surface area contributed by atoms with Crippen LogP contribution in [0.4, 0.5) is 0 Å². The van der Waals surface area contributed by atoms with Crippen LogP contribution >= 0.6 is 0 Å². The van der Waals surface area contributed by atoms with Crippen LogP contribution in [0.2, 0.25) is 0 Å². The molecular weight excluding hydrogens is 262 g/mol. The molecule has 0 aliphatic heterocycles. The molecule has 1 aliphatic carbocycles. The summed E-state index contributed by atoms with van der Waals surface area (Å²) in [6, 6.07) is 10.8. The number of hydrogen-bond donors (Lipinski definition) is 1. The van der Waals surface area contributed by atoms with E-state index in [0.29, 0.717) is 6.04 Å². The third kappa shape index (κ3) is 2.60. The minimum absolute atomic E-state index is 0.00977. The Balaban J connectivity index is 1.83. The molecule has 3 rings (SSSR count). The molecule has 1 aliphatic rings. The van der Waals surface area contributed by atoms with E-state index in [9.17, 15) is 0 Å². The van der Waals surface area contributed by atoms with Gasteiger partial charge in [-0.3, -0.25) is 0 Å². The van der Waals surface area contributed by atoms with Crippen molar-refractivity contribution in [3.05, 3.63) is 47.6 Å². The van der Waals surface area contributed by atoms with Gasteiger partial charge in [0.15, 0.2) is 5.82 Å². The zero-order chi connectivity index (χ0) is 14.9. The van der Waals surface area contributed by atoms with Crippen molar-refractivity contribution in [2.45, 2.75) is 51.0 Å². The van der Waals surface area contributed by atoms with Crippen molar-refractivity contribution in [3.63, 3.8) is 0 Å². The van der Waals surface area contributed by atoms with E-state index in [-0.39, 0.29) is 11.3 Å². The minimum Gasteiger partial charge on any atom is -0.339 e. The van der Waals surface area contributed by atoms with Crippen molar-refractivity contribution >= 4 is 0 Å². The highest BCUT2D eigenvalue weighted by molar-refractivity contribution is 5.38. The molecule has 1 saturated carbocycles. The summed E-state index contributed by atoms with van der Waals surface area (Å²) in [6.07, 6.45) is 2.21. The van der Waals surface area contributed by atoms with Crippen LogP contribution in [0, 0.1) is 0 Å². The standard InChI is InChI=1S/C17H23N3O/c1-4-18-13(3)12(2)15-19-16(20-21-15)17(10-11-17)14-8-6-5-7-9-14/h5-9,12-13,18H,4,10-11H2,1-3H3. The molecule has 1 fully saturated rings. The average molecular weight is 285 g/mol. The van der Waals surface area contributed by atoms with Crippen molar-refractivity contribution < 1.29 is 4.52 Å². The first-order valence-electron chi connectivity index (χ1n) is 7.80. The summed E-state index contributed by atoms with van der Waals surface area (Å²) < 4.78 is 5.54. The van der Waals surface area contributed by atoms with Crippen LogP contribution in [-0.4, -0.2) is 22.7 Å². The Kier molecular flexibility index (Phi) is 3.81. The van der Waals surface area contributed by atoms with Gasteiger partial charge >= 0.3 is 0 Å². The van der Waals surface area contributed by atoms with Gasteiger partial charge in [0.1, 0.15) is 0 Å². The molecule has 1 N–H and O–H groups in total. The maximum atomic E-state index is 5.54. The lowest BCUT2D eigenvalue weighted by Gasteiger charge is -2.16. The van der Waals surface area contributed by atoms with E-state index in [4.69, 9.17) is 9.51 Å². The number of rotatable bonds is 6. The van der Waals surface area contributed by atoms with Gasteiger partial charge in [0, 0.05) is 6.04 Å². The Morgan fingerprint density at radius 1 is 1.24 bits per heavy atom. The average Bonchev–Trinajstić information content (AvgIpc) is 3.18. The number of nitrogens with one attached hydrogen (secondary N) is 1. The lowest BCUT2D eigenvalue weighted by molar-refractivity contribution is 0.328. The maximum absolute atomic E-state index is 5.54. The van der Waals surface area contributed by atoms with Crippen LogP contribution in [0.3, 0.4) is 0 Å². The SMILES string of the molecule is CCNC(C)C(C)c1nc(C2(c3ccccc3)CC2)no1. The largest absolute Gasteiger partial charge is 0.339 e. The van der Waals surface area contributed by atoms with E-state index in [2.05, 4.69) is 55.5 Å². The smallest absolute Gasteiger partial charge is 0.231 e. The summed E-state index contributed by atoms with van der Waals surface area (Å²) in [6.45, 7) is 7.34. The fraction of sp³-hybridized carbons (Fsp3) is 0.529. The summed E-state index contributed by atoms with van der Waals surface area (Å²) in [5.41, 5.74) is 1.29. The van der Waals surface area contributed by atoms with Crippen molar-refractivity contribution in [3.8, 4) is 0 Å². The van der Waals surface area contributed by atoms with E-state index >= 15 is 0 Å². The quantitative estimate of drug-likeness (QED) is 0.885. The third-order valence-corrected chi connectivity index (χ3v) is 4.61. The number of benzene rings is 1. The summed E-state index contributed by atoms with van der Waals surface area (Å²) in [4.78, 5) is 4.71. The lowest BCUT2D eigenvalue weighted by atomic mass is 9.95. The monoisotopic (exact) mass is 285 g/mol. The van der Waals surface area contributed by atoms with Crippen molar-refractivity contribution in [1.29, 1.82) is 0 Å². The van der Waals surface area contributed by atoms with Gasteiger partial charge < -0.3 is 9.84 Å². The van der Waals surface area contributed by atoms with Gasteiger partial charge in [-0.25, -0.2) is 0 Å². The summed E-state index contributed by atoms with van der Waals surface area (Å²) in [5.74, 6) is 1.80. The molecule has 21 heavy (non-hydrogen) atoms. The molecule has 1 aromatic carbocycles. The maximum Gasteiger partial charge on any atom is 0.231 e. The van der Waals surface area contributed by atoms with Crippen LogP contribution in [0.15, 0.2) is 34.9 Å². The summed E-state index contributed by atoms with van der Waals surface area (Å²) >= 11 is 0. The number of likely N-dealkylation sites (N-methyl/N-ethyl adjacent to an activating group) is 1. The molecule has 2 atom stereocenters. The van der Waals surface area contributed by atoms with Gasteiger partial charge in [-0.1, -0.05) is 49.3 Å². The van der Waals surface area contributed by atoms with E-state index in [0.717, 1.165) is 31.1 Å². The van der Waals surface area contributed by atoms with Gasteiger partial charge in [0.25, 0.3) is 0 Å². The van der Waals surface area contributed by atoms with E-state index < -0.39 is 0 Å². The fourth-order valence-electron chi connectivity index (χ4n) is 2.85. The molecule has 2 unspecified atom stereocenters. The zero-order valence-electron chi connectivity index (χ0n) is 13.0. The first kappa shape index (κ1) is 14.3. The predicted octanol–water partition coefficient (Wildman–Crippen LogP) is 3.25. The van der Waals surface area contributed by atoms with Crippen LogP contribution in [-0.2, 0) is 5.41 Å². The molecule has 1 aromatic heterocycles. The van der Waals surface area contributed by atoms with Gasteiger partial charge in [-0.2, -0.15) is 4.98 Å². The zero-order valence-corrected chi connectivity index (χ0v) is 13.0. The first-order chi connectivity index (χ1) is 10.2. The fourth-order valence-corrected chi connectivity index (χ4v) is 2.85. The van der Waals surface area contributed by atoms with Crippen LogP contribution in [0.1, 0.15) is 56.8 Å². The van der Waals surface area contributed by atoms with Gasteiger partial charge in [0.2, 0.25) is 5.89 Å². The molecule has 4 nitrogen and oxygen atoms in total. The van der Waals surface area contributed by atoms with Crippen LogP contribution in [0.25, 0.3) is 0 Å². The molecule has 0 amide bonds. The van der Waals surface area contributed by atoms with E-state index in [1.54, 1.807) is 0 Å². The molecular formula is C17H23N3O. The molecule has 0 saturated heterocycles. The lowest BCUT2D eigenvalue weighted by Crippen LogP contribution is -2.30. The van der Waals surface area contributed by atoms with Crippen molar-refractivity contribution in [2.24, 2.45) is 0 Å².